The molecule has 1 unspecified atom stereocenters. The number of amidine groups is 1. The third-order valence-electron chi connectivity index (χ3n) is 13.5. The summed E-state index contributed by atoms with van der Waals surface area (Å²) in [7, 11) is 1.76. The number of nitrogens with one attached hydrogen (secondary N) is 1. The van der Waals surface area contributed by atoms with E-state index < -0.39 is 23.6 Å². The molecule has 15 nitrogen and oxygen atoms in total. The van der Waals surface area contributed by atoms with Crippen molar-refractivity contribution in [2.45, 2.75) is 83.9 Å². The van der Waals surface area contributed by atoms with Crippen molar-refractivity contribution in [3.63, 3.8) is 0 Å². The molecule has 2 aliphatic heterocycles. The number of β-amino-alcohol motifs (C(OH)–C–C–N with tert-alkyl or cyclic N) is 1. The third-order valence-corrected chi connectivity index (χ3v) is 14.4. The number of phenols is 1. The first kappa shape index (κ1) is 52.2. The Hall–Kier alpha value is -7.14. The van der Waals surface area contributed by atoms with E-state index in [0.717, 1.165) is 44.8 Å². The summed E-state index contributed by atoms with van der Waals surface area (Å²) in [6.07, 6.45) is 1.07. The maximum Gasteiger partial charge on any atom is 0.257 e. The number of likely N-dealkylation sites (tertiary alicyclic amines) is 1. The Balaban J connectivity index is 0.767. The van der Waals surface area contributed by atoms with Gasteiger partial charge in [-0.1, -0.05) is 99.6 Å². The van der Waals surface area contributed by atoms with Gasteiger partial charge in [0.2, 0.25) is 11.8 Å². The Morgan fingerprint density at radius 3 is 2.32 bits per heavy atom. The van der Waals surface area contributed by atoms with Gasteiger partial charge in [-0.2, -0.15) is 0 Å². The van der Waals surface area contributed by atoms with Crippen LogP contribution in [0.2, 0.25) is 0 Å². The van der Waals surface area contributed by atoms with Crippen molar-refractivity contribution >= 4 is 46.0 Å². The van der Waals surface area contributed by atoms with E-state index in [1.54, 1.807) is 58.8 Å². The van der Waals surface area contributed by atoms with E-state index in [2.05, 4.69) is 34.5 Å². The number of allylic oxidation sites excluding steroid dienone is 1. The summed E-state index contributed by atoms with van der Waals surface area (Å²) in [5.41, 5.74) is 8.71. The van der Waals surface area contributed by atoms with E-state index in [1.165, 1.54) is 5.57 Å². The van der Waals surface area contributed by atoms with Gasteiger partial charge in [0.25, 0.3) is 11.8 Å². The zero-order chi connectivity index (χ0) is 51.6. The largest absolute Gasteiger partial charge is 0.508 e. The lowest BCUT2D eigenvalue weighted by molar-refractivity contribution is -0.134. The summed E-state index contributed by atoms with van der Waals surface area (Å²) in [5.74, 6) is 0.220. The van der Waals surface area contributed by atoms with Crippen LogP contribution in [0.15, 0.2) is 124 Å². The lowest BCUT2D eigenvalue weighted by Gasteiger charge is -2.29. The molecule has 382 valence electrons. The first-order valence-electron chi connectivity index (χ1n) is 24.9. The summed E-state index contributed by atoms with van der Waals surface area (Å²) >= 11 is 1.56. The quantitative estimate of drug-likeness (QED) is 0.0435. The van der Waals surface area contributed by atoms with Crippen molar-refractivity contribution in [2.75, 3.05) is 46.6 Å². The molecule has 8 rings (SSSR count). The number of carbonyl (C=O) groups excluding carboxylic acids is 3. The van der Waals surface area contributed by atoms with Crippen LogP contribution in [0.4, 0.5) is 0 Å². The van der Waals surface area contributed by atoms with Crippen LogP contribution in [0.3, 0.4) is 0 Å². The standard InChI is InChI=1S/C57H64N6O9S/c1-7-46(38-12-9-8-10-13-38)52(39-17-23-43(64)24-18-39)40-19-25-45(26-20-40)70-29-27-62(6)50(66)14-11-28-69-30-31-71-49-33-48(72-61-49)51(36(2)3)55(67)63-34-44(65)32-47(63)54-59-56(68)57(5,60-54)42-21-15-41(16-22-42)53-37(4)58-35-73-53/h8-10,12-13,15-26,33,35-36,44,47,51,64-65H,7,11,14,27-32,34H2,1-6H3,(H,59,60,68)/b52-46+/t44-,47+,51?,57-/m1/s1. The van der Waals surface area contributed by atoms with Crippen molar-refractivity contribution in [2.24, 2.45) is 10.9 Å². The molecule has 4 heterocycles. The average Bonchev–Trinajstić information content (AvgIpc) is 4.20. The predicted octanol–water partition coefficient (Wildman–Crippen LogP) is 9.04. The minimum Gasteiger partial charge on any atom is -0.508 e. The van der Waals surface area contributed by atoms with Crippen LogP contribution in [-0.4, -0.2) is 112 Å². The number of nitrogens with zero attached hydrogens (tertiary/aromatic N) is 5. The van der Waals surface area contributed by atoms with Crippen molar-refractivity contribution in [3.8, 4) is 27.8 Å². The van der Waals surface area contributed by atoms with Crippen molar-refractivity contribution in [1.29, 1.82) is 0 Å². The molecule has 4 atom stereocenters. The zero-order valence-electron chi connectivity index (χ0n) is 42.2. The molecule has 73 heavy (non-hydrogen) atoms. The van der Waals surface area contributed by atoms with Crippen LogP contribution in [0.1, 0.15) is 93.0 Å². The highest BCUT2D eigenvalue weighted by molar-refractivity contribution is 7.13. The van der Waals surface area contributed by atoms with E-state index >= 15 is 0 Å². The Morgan fingerprint density at radius 2 is 1.64 bits per heavy atom. The second-order valence-electron chi connectivity index (χ2n) is 18.9. The summed E-state index contributed by atoms with van der Waals surface area (Å²) in [6.45, 7) is 11.3. The van der Waals surface area contributed by atoms with Gasteiger partial charge in [0.05, 0.1) is 41.4 Å². The van der Waals surface area contributed by atoms with Gasteiger partial charge in [-0.25, -0.2) is 9.98 Å². The van der Waals surface area contributed by atoms with Crippen LogP contribution in [0.25, 0.3) is 21.6 Å². The summed E-state index contributed by atoms with van der Waals surface area (Å²) in [6, 6.07) is 34.2. The smallest absolute Gasteiger partial charge is 0.257 e. The Kier molecular flexibility index (Phi) is 16.9. The van der Waals surface area contributed by atoms with Gasteiger partial charge in [0.15, 0.2) is 11.3 Å². The lowest BCUT2D eigenvalue weighted by atomic mass is 9.88. The molecule has 0 radical (unpaired) electrons. The highest BCUT2D eigenvalue weighted by atomic mass is 32.1. The molecule has 1 saturated heterocycles. The van der Waals surface area contributed by atoms with Crippen molar-refractivity contribution in [1.82, 2.24) is 25.3 Å². The number of hydrogen-bond acceptors (Lipinski definition) is 13. The van der Waals surface area contributed by atoms with Crippen molar-refractivity contribution in [3.05, 3.63) is 148 Å². The number of rotatable bonds is 22. The monoisotopic (exact) mass is 1010 g/mol. The van der Waals surface area contributed by atoms with Crippen LogP contribution < -0.4 is 14.8 Å². The van der Waals surface area contributed by atoms with Gasteiger partial charge in [-0.15, -0.1) is 11.3 Å². The SMILES string of the molecule is CC/C(=C(/c1ccc(O)cc1)c1ccc(OCCN(C)C(=O)CCCOCCOc2cc(C(C(=O)N3C[C@H](O)C[C@H]3C3=N[C@](C)(c4ccc(-c5scnc5C)cc4)C(=O)N3)C(C)C)on2)cc1)c1ccccc1. The van der Waals surface area contributed by atoms with Crippen LogP contribution in [0, 0.1) is 12.8 Å². The zero-order valence-corrected chi connectivity index (χ0v) is 43.1. The molecule has 0 aliphatic carbocycles. The van der Waals surface area contributed by atoms with E-state index in [-0.39, 0.29) is 61.4 Å². The van der Waals surface area contributed by atoms with Gasteiger partial charge in [-0.3, -0.25) is 14.4 Å². The molecular formula is C57H64N6O9S. The Labute approximate surface area is 430 Å². The fourth-order valence-electron chi connectivity index (χ4n) is 9.43. The number of aliphatic hydroxyl groups excluding tert-OH is 1. The molecule has 3 N–H and O–H groups in total. The average molecular weight is 1010 g/mol. The number of aromatic nitrogens is 2. The number of aliphatic imine (C=N–C) groups is 1. The molecule has 0 saturated carbocycles. The number of carbonyl (C=O) groups is 3. The van der Waals surface area contributed by atoms with E-state index in [4.69, 9.17) is 23.7 Å². The van der Waals surface area contributed by atoms with Gasteiger partial charge in [0.1, 0.15) is 36.5 Å². The van der Waals surface area contributed by atoms with E-state index in [1.807, 2.05) is 99.6 Å². The summed E-state index contributed by atoms with van der Waals surface area (Å²) < 4.78 is 23.3. The molecule has 1 fully saturated rings. The first-order chi connectivity index (χ1) is 35.2. The molecule has 16 heteroatoms. The number of ether oxygens (including phenoxy) is 3. The van der Waals surface area contributed by atoms with Gasteiger partial charge < -0.3 is 44.1 Å². The molecule has 3 amide bonds. The van der Waals surface area contributed by atoms with E-state index in [0.29, 0.717) is 55.5 Å². The highest BCUT2D eigenvalue weighted by Crippen LogP contribution is 2.38. The molecule has 2 aliphatic rings. The number of aromatic hydroxyl groups is 1. The minimum absolute atomic E-state index is 0.0155. The summed E-state index contributed by atoms with van der Waals surface area (Å²) in [5, 5.41) is 27.8. The number of likely N-dealkylation sites (N-methyl/N-ethyl adjacent to an activating group) is 1. The van der Waals surface area contributed by atoms with Gasteiger partial charge in [-0.05, 0) is 101 Å². The van der Waals surface area contributed by atoms with Gasteiger partial charge >= 0.3 is 0 Å². The third kappa shape index (κ3) is 12.2. The maximum atomic E-state index is 14.4. The number of amides is 3. The molecule has 4 aromatic carbocycles. The fraction of sp³-hybridized carbons (Fsp3) is 0.368. The maximum absolute atomic E-state index is 14.4. The second kappa shape index (κ2) is 23.6. The molecule has 0 spiro atoms. The van der Waals surface area contributed by atoms with Crippen LogP contribution in [0.5, 0.6) is 17.4 Å². The molecular weight excluding hydrogens is 945 g/mol. The number of phenolic OH excluding ortho intramolecular Hbond substituents is 1. The normalized spacial score (nSPS) is 18.3. The number of hydrogen-bond donors (Lipinski definition) is 3. The number of aryl methyl sites for hydroxylation is 1. The van der Waals surface area contributed by atoms with Gasteiger partial charge in [0, 0.05) is 39.1 Å². The van der Waals surface area contributed by atoms with Crippen molar-refractivity contribution < 1.29 is 43.3 Å². The Morgan fingerprint density at radius 1 is 0.932 bits per heavy atom. The predicted molar refractivity (Wildman–Crippen MR) is 281 cm³/mol. The van der Waals surface area contributed by atoms with Crippen LogP contribution >= 0.6 is 11.3 Å². The molecule has 2 aromatic heterocycles. The topological polar surface area (TPSA) is 189 Å². The molecule has 6 aromatic rings. The number of benzene rings is 4. The Bertz CT molecular complexity index is 2900. The minimum atomic E-state index is -1.22. The molecule has 0 bridgehead atoms. The second-order valence-corrected chi connectivity index (χ2v) is 19.8. The lowest BCUT2D eigenvalue weighted by Crippen LogP contribution is -2.48. The fourth-order valence-corrected chi connectivity index (χ4v) is 10.2. The first-order valence-corrected chi connectivity index (χ1v) is 25.7. The van der Waals surface area contributed by atoms with Crippen LogP contribution in [-0.2, 0) is 24.7 Å². The highest BCUT2D eigenvalue weighted by Gasteiger charge is 2.48. The summed E-state index contributed by atoms with van der Waals surface area (Å²) in [4.78, 5) is 54.3. The number of aliphatic hydroxyl groups is 1. The number of thiazole rings is 1. The van der Waals surface area contributed by atoms with E-state index in [9.17, 15) is 24.6 Å².